The second-order valence-electron chi connectivity index (χ2n) is 8.08. The quantitative estimate of drug-likeness (QED) is 0.846. The third kappa shape index (κ3) is 4.83. The van der Waals surface area contributed by atoms with Crippen LogP contribution in [0.25, 0.3) is 0 Å². The molecule has 1 heterocycles. The standard InChI is InChI=1S/C21H29NO3/c1-15-9-17(11-18(10-15)13-21(24)25)12-19-7-8-20(23)22(19)14-16-5-3-2-4-6-16/h2-6,15,17-19H,7-14H2,1H3,(H,24,25)/t15-,17+,18-,19+/m1/s1. The van der Waals surface area contributed by atoms with Gasteiger partial charge in [-0.15, -0.1) is 0 Å². The summed E-state index contributed by atoms with van der Waals surface area (Å²) in [6, 6.07) is 10.5. The number of amides is 1. The Morgan fingerprint density at radius 3 is 2.60 bits per heavy atom. The molecular weight excluding hydrogens is 314 g/mol. The fourth-order valence-corrected chi connectivity index (χ4v) is 4.92. The Labute approximate surface area is 150 Å². The minimum absolute atomic E-state index is 0.264. The second kappa shape index (κ2) is 8.03. The molecule has 3 rings (SSSR count). The van der Waals surface area contributed by atoms with Crippen LogP contribution in [0.1, 0.15) is 57.4 Å². The van der Waals surface area contributed by atoms with Crippen molar-refractivity contribution < 1.29 is 14.7 Å². The maximum atomic E-state index is 12.4. The molecule has 1 aromatic carbocycles. The van der Waals surface area contributed by atoms with Gasteiger partial charge in [-0.05, 0) is 55.4 Å². The van der Waals surface area contributed by atoms with E-state index in [0.717, 1.165) is 25.7 Å². The zero-order valence-electron chi connectivity index (χ0n) is 15.1. The summed E-state index contributed by atoms with van der Waals surface area (Å²) >= 11 is 0. The van der Waals surface area contributed by atoms with Crippen molar-refractivity contribution in [2.45, 2.75) is 64.5 Å². The average Bonchev–Trinajstić information content (AvgIpc) is 2.88. The van der Waals surface area contributed by atoms with Crippen LogP contribution in [0.15, 0.2) is 30.3 Å². The Hall–Kier alpha value is -1.84. The predicted octanol–water partition coefficient (Wildman–Crippen LogP) is 4.09. The highest BCUT2D eigenvalue weighted by Crippen LogP contribution is 2.39. The maximum absolute atomic E-state index is 12.4. The van der Waals surface area contributed by atoms with Crippen molar-refractivity contribution in [3.8, 4) is 0 Å². The van der Waals surface area contributed by atoms with Crippen molar-refractivity contribution in [3.05, 3.63) is 35.9 Å². The van der Waals surface area contributed by atoms with Gasteiger partial charge in [0.15, 0.2) is 0 Å². The van der Waals surface area contributed by atoms with Gasteiger partial charge in [-0.2, -0.15) is 0 Å². The summed E-state index contributed by atoms with van der Waals surface area (Å²) in [5, 5.41) is 9.11. The van der Waals surface area contributed by atoms with Gasteiger partial charge in [0.25, 0.3) is 0 Å². The lowest BCUT2D eigenvalue weighted by atomic mass is 9.72. The van der Waals surface area contributed by atoms with Crippen LogP contribution in [0, 0.1) is 17.8 Å². The van der Waals surface area contributed by atoms with E-state index in [9.17, 15) is 9.59 Å². The molecule has 1 saturated carbocycles. The first-order valence-electron chi connectivity index (χ1n) is 9.56. The molecule has 136 valence electrons. The van der Waals surface area contributed by atoms with Gasteiger partial charge in [-0.25, -0.2) is 0 Å². The lowest BCUT2D eigenvalue weighted by Crippen LogP contribution is -2.35. The summed E-state index contributed by atoms with van der Waals surface area (Å²) in [5.41, 5.74) is 1.18. The van der Waals surface area contributed by atoms with E-state index in [0.29, 0.717) is 36.8 Å². The number of nitrogens with zero attached hydrogens (tertiary/aromatic N) is 1. The lowest BCUT2D eigenvalue weighted by molar-refractivity contribution is -0.138. The number of rotatable bonds is 6. The Bertz CT molecular complexity index is 600. The molecule has 1 amide bonds. The molecule has 25 heavy (non-hydrogen) atoms. The van der Waals surface area contributed by atoms with Crippen LogP contribution in [0.2, 0.25) is 0 Å². The van der Waals surface area contributed by atoms with Gasteiger partial charge in [0.1, 0.15) is 0 Å². The van der Waals surface area contributed by atoms with Gasteiger partial charge in [0.05, 0.1) is 0 Å². The van der Waals surface area contributed by atoms with Crippen molar-refractivity contribution in [1.29, 1.82) is 0 Å². The zero-order chi connectivity index (χ0) is 17.8. The van der Waals surface area contributed by atoms with Gasteiger partial charge in [0.2, 0.25) is 5.91 Å². The van der Waals surface area contributed by atoms with E-state index in [1.54, 1.807) is 0 Å². The lowest BCUT2D eigenvalue weighted by Gasteiger charge is -2.36. The highest BCUT2D eigenvalue weighted by atomic mass is 16.4. The first-order chi connectivity index (χ1) is 12.0. The Balaban J connectivity index is 1.62. The van der Waals surface area contributed by atoms with Crippen molar-refractivity contribution in [2.24, 2.45) is 17.8 Å². The van der Waals surface area contributed by atoms with Crippen molar-refractivity contribution in [2.75, 3.05) is 0 Å². The van der Waals surface area contributed by atoms with E-state index in [-0.39, 0.29) is 12.3 Å². The smallest absolute Gasteiger partial charge is 0.303 e. The monoisotopic (exact) mass is 343 g/mol. The number of hydrogen-bond acceptors (Lipinski definition) is 2. The molecule has 1 saturated heterocycles. The molecule has 0 unspecified atom stereocenters. The predicted molar refractivity (Wildman–Crippen MR) is 96.9 cm³/mol. The molecule has 0 radical (unpaired) electrons. The van der Waals surface area contributed by atoms with Gasteiger partial charge in [0, 0.05) is 25.4 Å². The molecule has 4 nitrogen and oxygen atoms in total. The third-order valence-corrected chi connectivity index (χ3v) is 5.86. The second-order valence-corrected chi connectivity index (χ2v) is 8.08. The van der Waals surface area contributed by atoms with Crippen molar-refractivity contribution in [1.82, 2.24) is 4.90 Å². The Morgan fingerprint density at radius 1 is 1.16 bits per heavy atom. The fraction of sp³-hybridized carbons (Fsp3) is 0.619. The van der Waals surface area contributed by atoms with Crippen LogP contribution in [0.5, 0.6) is 0 Å². The van der Waals surface area contributed by atoms with Crippen LogP contribution in [0.3, 0.4) is 0 Å². The number of carboxylic acids is 1. The molecule has 1 aliphatic carbocycles. The minimum atomic E-state index is -0.681. The number of benzene rings is 1. The molecule has 1 aliphatic heterocycles. The SMILES string of the molecule is C[C@H]1C[C@@H](CC(=O)O)C[C@@H](C[C@@H]2CCC(=O)N2Cc2ccccc2)C1. The van der Waals surface area contributed by atoms with Crippen molar-refractivity contribution in [3.63, 3.8) is 0 Å². The van der Waals surface area contributed by atoms with Crippen LogP contribution in [-0.2, 0) is 16.1 Å². The summed E-state index contributed by atoms with van der Waals surface area (Å²) < 4.78 is 0. The van der Waals surface area contributed by atoms with Crippen molar-refractivity contribution >= 4 is 11.9 Å². The largest absolute Gasteiger partial charge is 0.481 e. The molecule has 4 heteroatoms. The topological polar surface area (TPSA) is 57.6 Å². The summed E-state index contributed by atoms with van der Waals surface area (Å²) in [7, 11) is 0. The Morgan fingerprint density at radius 2 is 1.88 bits per heavy atom. The first kappa shape index (κ1) is 18.0. The summed E-state index contributed by atoms with van der Waals surface area (Å²) in [4.78, 5) is 25.5. The number of hydrogen-bond donors (Lipinski definition) is 1. The Kier molecular flexibility index (Phi) is 5.77. The molecule has 2 aliphatic rings. The number of carbonyl (C=O) groups excluding carboxylic acids is 1. The van der Waals surface area contributed by atoms with E-state index in [2.05, 4.69) is 24.0 Å². The van der Waals surface area contributed by atoms with Gasteiger partial charge >= 0.3 is 5.97 Å². The van der Waals surface area contributed by atoms with Crippen LogP contribution in [-0.4, -0.2) is 27.9 Å². The molecule has 0 spiro atoms. The van der Waals surface area contributed by atoms with Crippen LogP contribution >= 0.6 is 0 Å². The molecule has 1 aromatic rings. The highest BCUT2D eigenvalue weighted by Gasteiger charge is 2.35. The minimum Gasteiger partial charge on any atom is -0.481 e. The summed E-state index contributed by atoms with van der Waals surface area (Å²) in [6.07, 6.45) is 6.11. The molecular formula is C21H29NO3. The molecule has 0 aromatic heterocycles. The van der Waals surface area contributed by atoms with E-state index in [1.807, 2.05) is 18.2 Å². The molecule has 1 N–H and O–H groups in total. The summed E-state index contributed by atoms with van der Waals surface area (Å²) in [5.74, 6) is 1.01. The van der Waals surface area contributed by atoms with Crippen LogP contribution < -0.4 is 0 Å². The highest BCUT2D eigenvalue weighted by molar-refractivity contribution is 5.78. The third-order valence-electron chi connectivity index (χ3n) is 5.86. The van der Waals surface area contributed by atoms with E-state index in [4.69, 9.17) is 5.11 Å². The summed E-state index contributed by atoms with van der Waals surface area (Å²) in [6.45, 7) is 2.94. The van der Waals surface area contributed by atoms with Gasteiger partial charge in [-0.3, -0.25) is 9.59 Å². The zero-order valence-corrected chi connectivity index (χ0v) is 15.1. The van der Waals surface area contributed by atoms with E-state index < -0.39 is 5.97 Å². The average molecular weight is 343 g/mol. The molecule has 4 atom stereocenters. The normalized spacial score (nSPS) is 29.8. The fourth-order valence-electron chi connectivity index (χ4n) is 4.92. The maximum Gasteiger partial charge on any atom is 0.303 e. The first-order valence-corrected chi connectivity index (χ1v) is 9.56. The molecule has 2 fully saturated rings. The number of aliphatic carboxylic acids is 1. The molecule has 0 bridgehead atoms. The van der Waals surface area contributed by atoms with E-state index in [1.165, 1.54) is 12.0 Å². The van der Waals surface area contributed by atoms with Gasteiger partial charge < -0.3 is 10.0 Å². The number of likely N-dealkylation sites (tertiary alicyclic amines) is 1. The number of carboxylic acid groups (broad SMARTS) is 1. The number of carbonyl (C=O) groups is 2. The van der Waals surface area contributed by atoms with Crippen LogP contribution in [0.4, 0.5) is 0 Å². The van der Waals surface area contributed by atoms with Gasteiger partial charge in [-0.1, -0.05) is 37.3 Å². The van der Waals surface area contributed by atoms with E-state index >= 15 is 0 Å².